The minimum Gasteiger partial charge on any atom is -0.295 e. The molecule has 0 amide bonds. The molecule has 0 heterocycles. The summed E-state index contributed by atoms with van der Waals surface area (Å²) in [4.78, 5) is 20.8. The van der Waals surface area contributed by atoms with Crippen LogP contribution in [0.3, 0.4) is 0 Å². The fourth-order valence-electron chi connectivity index (χ4n) is 1.25. The largest absolute Gasteiger partial charge is 0.295 e. The van der Waals surface area contributed by atoms with Gasteiger partial charge in [0.15, 0.2) is 15.6 Å². The highest BCUT2D eigenvalue weighted by atomic mass is 32.2. The van der Waals surface area contributed by atoms with Gasteiger partial charge < -0.3 is 0 Å². The van der Waals surface area contributed by atoms with Crippen LogP contribution in [0, 0.1) is 10.1 Å². The molecule has 0 aliphatic carbocycles. The van der Waals surface area contributed by atoms with E-state index < -0.39 is 14.8 Å². The smallest absolute Gasteiger partial charge is 0.269 e. The van der Waals surface area contributed by atoms with Crippen LogP contribution in [0.1, 0.15) is 13.8 Å². The number of non-ortho nitro benzene ring substituents is 1. The van der Waals surface area contributed by atoms with Crippen LogP contribution < -0.4 is 0 Å². The lowest BCUT2D eigenvalue weighted by molar-refractivity contribution is -0.384. The number of Topliss-reactive ketones (excluding diaryl/α,β-unsaturated/α-hetero) is 1. The Morgan fingerprint density at radius 2 is 1.79 bits per heavy atom. The summed E-state index contributed by atoms with van der Waals surface area (Å²) in [5.41, 5.74) is 0.194. The second-order valence-electron chi connectivity index (χ2n) is 3.98. The van der Waals surface area contributed by atoms with Crippen molar-refractivity contribution in [3.8, 4) is 0 Å². The topological polar surface area (TPSA) is 94.3 Å². The number of hydrogen-bond acceptors (Lipinski definition) is 5. The highest BCUT2D eigenvalue weighted by Gasteiger charge is 2.15. The molecule has 0 radical (unpaired) electrons. The minimum atomic E-state index is -3.58. The van der Waals surface area contributed by atoms with Crippen molar-refractivity contribution in [2.24, 2.45) is 0 Å². The standard InChI is InChI=1S/C12H13NO5S/c1-9(10(2)14)7-8-19(17,18)12-5-3-11(4-6-12)13(15)16/h3-7H,8H2,1-2H3. The number of nitro benzene ring substituents is 1. The average molecular weight is 283 g/mol. The molecule has 1 rings (SSSR count). The fourth-order valence-corrected chi connectivity index (χ4v) is 2.46. The first kappa shape index (κ1) is 15.0. The number of hydrogen-bond donors (Lipinski definition) is 0. The molecule has 0 atom stereocenters. The Kier molecular flexibility index (Phi) is 4.55. The van der Waals surface area contributed by atoms with Gasteiger partial charge in [0.25, 0.3) is 5.69 Å². The van der Waals surface area contributed by atoms with Gasteiger partial charge in [-0.15, -0.1) is 0 Å². The normalized spacial score (nSPS) is 12.2. The summed E-state index contributed by atoms with van der Waals surface area (Å²) in [5.74, 6) is -0.505. The van der Waals surface area contributed by atoms with E-state index >= 15 is 0 Å². The van der Waals surface area contributed by atoms with E-state index in [0.717, 1.165) is 12.1 Å². The summed E-state index contributed by atoms with van der Waals surface area (Å²) in [6.07, 6.45) is 1.33. The summed E-state index contributed by atoms with van der Waals surface area (Å²) >= 11 is 0. The molecule has 0 N–H and O–H groups in total. The van der Waals surface area contributed by atoms with E-state index in [9.17, 15) is 23.3 Å². The summed E-state index contributed by atoms with van der Waals surface area (Å²) in [5, 5.41) is 10.5. The lowest BCUT2D eigenvalue weighted by Gasteiger charge is -2.02. The second kappa shape index (κ2) is 5.75. The van der Waals surface area contributed by atoms with Crippen molar-refractivity contribution in [3.63, 3.8) is 0 Å². The van der Waals surface area contributed by atoms with Crippen molar-refractivity contribution in [3.05, 3.63) is 46.0 Å². The lowest BCUT2D eigenvalue weighted by atomic mass is 10.2. The highest BCUT2D eigenvalue weighted by Crippen LogP contribution is 2.17. The number of carbonyl (C=O) groups is 1. The van der Waals surface area contributed by atoms with Gasteiger partial charge in [0.1, 0.15) is 0 Å². The molecule has 0 aliphatic rings. The molecule has 0 unspecified atom stereocenters. The zero-order chi connectivity index (χ0) is 14.6. The van der Waals surface area contributed by atoms with Crippen LogP contribution in [-0.2, 0) is 14.6 Å². The minimum absolute atomic E-state index is 0.00861. The Hall–Kier alpha value is -2.02. The van der Waals surface area contributed by atoms with Crippen LogP contribution >= 0.6 is 0 Å². The van der Waals surface area contributed by atoms with Crippen molar-refractivity contribution in [2.45, 2.75) is 18.7 Å². The zero-order valence-corrected chi connectivity index (χ0v) is 11.3. The fraction of sp³-hybridized carbons (Fsp3) is 0.250. The first-order chi connectivity index (χ1) is 8.74. The Morgan fingerprint density at radius 3 is 2.21 bits per heavy atom. The Bertz CT molecular complexity index is 629. The monoisotopic (exact) mass is 283 g/mol. The summed E-state index contributed by atoms with van der Waals surface area (Å²) in [6, 6.07) is 4.64. The predicted octanol–water partition coefficient (Wildman–Crippen LogP) is 1.90. The number of carbonyl (C=O) groups excluding carboxylic acids is 1. The maximum absolute atomic E-state index is 11.9. The van der Waals surface area contributed by atoms with E-state index in [1.807, 2.05) is 0 Å². The van der Waals surface area contributed by atoms with Crippen LogP contribution in [0.4, 0.5) is 5.69 Å². The van der Waals surface area contributed by atoms with Crippen LogP contribution in [0.2, 0.25) is 0 Å². The molecule has 0 aromatic heterocycles. The third kappa shape index (κ3) is 3.99. The molecule has 102 valence electrons. The third-order valence-corrected chi connectivity index (χ3v) is 4.17. The number of rotatable bonds is 5. The van der Waals surface area contributed by atoms with Crippen molar-refractivity contribution >= 4 is 21.3 Å². The summed E-state index contributed by atoms with van der Waals surface area (Å²) in [7, 11) is -3.58. The SMILES string of the molecule is CC(=O)C(C)=CCS(=O)(=O)c1ccc([N+](=O)[O-])cc1. The Morgan fingerprint density at radius 1 is 1.26 bits per heavy atom. The molecule has 0 aliphatic heterocycles. The maximum Gasteiger partial charge on any atom is 0.269 e. The molecule has 0 spiro atoms. The van der Waals surface area contributed by atoms with Crippen molar-refractivity contribution in [1.82, 2.24) is 0 Å². The molecule has 1 aromatic carbocycles. The Balaban J connectivity index is 2.98. The molecule has 0 saturated heterocycles. The van der Waals surface area contributed by atoms with Gasteiger partial charge in [-0.25, -0.2) is 8.42 Å². The van der Waals surface area contributed by atoms with E-state index in [-0.39, 0.29) is 22.1 Å². The van der Waals surface area contributed by atoms with E-state index in [1.165, 1.54) is 32.1 Å². The molecule has 1 aromatic rings. The van der Waals surface area contributed by atoms with Gasteiger partial charge >= 0.3 is 0 Å². The highest BCUT2D eigenvalue weighted by molar-refractivity contribution is 7.91. The quantitative estimate of drug-likeness (QED) is 0.467. The molecule has 0 bridgehead atoms. The molecule has 0 fully saturated rings. The van der Waals surface area contributed by atoms with Gasteiger partial charge in [-0.05, 0) is 31.6 Å². The van der Waals surface area contributed by atoms with Crippen molar-refractivity contribution in [1.29, 1.82) is 0 Å². The number of allylic oxidation sites excluding steroid dienone is 1. The zero-order valence-electron chi connectivity index (χ0n) is 10.5. The van der Waals surface area contributed by atoms with E-state index in [2.05, 4.69) is 0 Å². The van der Waals surface area contributed by atoms with Crippen molar-refractivity contribution in [2.75, 3.05) is 5.75 Å². The first-order valence-corrected chi connectivity index (χ1v) is 7.04. The van der Waals surface area contributed by atoms with Gasteiger partial charge in [0.05, 0.1) is 15.6 Å². The molecule has 0 saturated carbocycles. The van der Waals surface area contributed by atoms with Gasteiger partial charge in [0.2, 0.25) is 0 Å². The second-order valence-corrected chi connectivity index (χ2v) is 6.01. The third-order valence-electron chi connectivity index (χ3n) is 2.57. The van der Waals surface area contributed by atoms with Gasteiger partial charge in [-0.3, -0.25) is 14.9 Å². The molecule has 7 heteroatoms. The Labute approximate surface area is 110 Å². The number of benzene rings is 1. The number of sulfone groups is 1. The molecular weight excluding hydrogens is 270 g/mol. The van der Waals surface area contributed by atoms with E-state index in [0.29, 0.717) is 5.57 Å². The molecule has 6 nitrogen and oxygen atoms in total. The summed E-state index contributed by atoms with van der Waals surface area (Å²) in [6.45, 7) is 2.89. The molecular formula is C12H13NO5S. The van der Waals surface area contributed by atoms with Crippen LogP contribution in [0.5, 0.6) is 0 Å². The molecule has 19 heavy (non-hydrogen) atoms. The van der Waals surface area contributed by atoms with Gasteiger partial charge in [-0.1, -0.05) is 6.08 Å². The number of ketones is 1. The maximum atomic E-state index is 11.9. The van der Waals surface area contributed by atoms with Gasteiger partial charge in [-0.2, -0.15) is 0 Å². The first-order valence-electron chi connectivity index (χ1n) is 5.39. The summed E-state index contributed by atoms with van der Waals surface area (Å²) < 4.78 is 23.8. The van der Waals surface area contributed by atoms with Crippen molar-refractivity contribution < 1.29 is 18.1 Å². The lowest BCUT2D eigenvalue weighted by Crippen LogP contribution is -2.06. The average Bonchev–Trinajstić information content (AvgIpc) is 2.36. The van der Waals surface area contributed by atoms with Crippen LogP contribution in [0.25, 0.3) is 0 Å². The predicted molar refractivity (Wildman–Crippen MR) is 69.6 cm³/mol. The van der Waals surface area contributed by atoms with E-state index in [4.69, 9.17) is 0 Å². The van der Waals surface area contributed by atoms with Crippen LogP contribution in [0.15, 0.2) is 40.8 Å². The number of nitrogens with zero attached hydrogens (tertiary/aromatic N) is 1. The van der Waals surface area contributed by atoms with Crippen LogP contribution in [-0.4, -0.2) is 24.9 Å². The number of nitro groups is 1. The van der Waals surface area contributed by atoms with E-state index in [1.54, 1.807) is 0 Å². The van der Waals surface area contributed by atoms with Gasteiger partial charge in [0, 0.05) is 12.1 Å².